The first-order chi connectivity index (χ1) is 15.7. The third-order valence-corrected chi connectivity index (χ3v) is 6.62. The van der Waals surface area contributed by atoms with Crippen molar-refractivity contribution in [3.63, 3.8) is 0 Å². The fourth-order valence-electron chi connectivity index (χ4n) is 5.09. The molecule has 1 fully saturated rings. The summed E-state index contributed by atoms with van der Waals surface area (Å²) in [7, 11) is 3.15. The molecule has 7 heteroatoms. The lowest BCUT2D eigenvalue weighted by atomic mass is 9.68. The summed E-state index contributed by atoms with van der Waals surface area (Å²) in [6, 6.07) is 5.53. The van der Waals surface area contributed by atoms with Gasteiger partial charge in [0.1, 0.15) is 6.61 Å². The minimum absolute atomic E-state index is 0.0467. The number of nitrogens with one attached hydrogen (secondary N) is 1. The number of methoxy groups -OCH3 is 2. The Hall–Kier alpha value is -2.80. The van der Waals surface area contributed by atoms with Crippen LogP contribution in [0.4, 0.5) is 0 Å². The number of ketones is 1. The highest BCUT2D eigenvalue weighted by atomic mass is 16.6. The van der Waals surface area contributed by atoms with Crippen molar-refractivity contribution in [1.29, 1.82) is 0 Å². The van der Waals surface area contributed by atoms with Gasteiger partial charge in [0.15, 0.2) is 17.3 Å². The average Bonchev–Trinajstić information content (AvgIpc) is 3.28. The molecule has 33 heavy (non-hydrogen) atoms. The molecule has 1 aliphatic carbocycles. The Balaban J connectivity index is 1.76. The van der Waals surface area contributed by atoms with Gasteiger partial charge in [-0.15, -0.1) is 0 Å². The van der Waals surface area contributed by atoms with Crippen LogP contribution in [0.2, 0.25) is 0 Å². The van der Waals surface area contributed by atoms with Crippen LogP contribution in [0.25, 0.3) is 0 Å². The molecule has 2 atom stereocenters. The van der Waals surface area contributed by atoms with Crippen molar-refractivity contribution in [2.45, 2.75) is 58.5 Å². The van der Waals surface area contributed by atoms with Crippen molar-refractivity contribution in [3.05, 3.63) is 46.3 Å². The smallest absolute Gasteiger partial charge is 0.336 e. The zero-order chi connectivity index (χ0) is 23.8. The van der Waals surface area contributed by atoms with Gasteiger partial charge in [-0.05, 0) is 49.3 Å². The number of hydrogen-bond acceptors (Lipinski definition) is 7. The first kappa shape index (κ1) is 23.4. The fourth-order valence-corrected chi connectivity index (χ4v) is 5.09. The Morgan fingerprint density at radius 3 is 2.61 bits per heavy atom. The number of carbonyl (C=O) groups is 2. The van der Waals surface area contributed by atoms with Gasteiger partial charge in [-0.2, -0.15) is 0 Å². The lowest BCUT2D eigenvalue weighted by Gasteiger charge is -2.39. The summed E-state index contributed by atoms with van der Waals surface area (Å²) in [6.07, 6.45) is 2.94. The third kappa shape index (κ3) is 4.64. The highest BCUT2D eigenvalue weighted by Crippen LogP contribution is 2.47. The van der Waals surface area contributed by atoms with Crippen LogP contribution in [0.1, 0.15) is 57.9 Å². The van der Waals surface area contributed by atoms with Gasteiger partial charge in [0.05, 0.1) is 25.9 Å². The second-order valence-electron chi connectivity index (χ2n) is 9.78. The second kappa shape index (κ2) is 9.21. The predicted octanol–water partition coefficient (Wildman–Crippen LogP) is 4.03. The number of rotatable bonds is 6. The number of Topliss-reactive ketones (excluding diaryl/α,β-unsaturated/α-hetero) is 1. The Labute approximate surface area is 195 Å². The number of allylic oxidation sites excluding steroid dienone is 3. The third-order valence-electron chi connectivity index (χ3n) is 6.62. The van der Waals surface area contributed by atoms with E-state index in [1.54, 1.807) is 20.3 Å². The molecular formula is C26H33NO6. The lowest BCUT2D eigenvalue weighted by molar-refractivity contribution is -0.142. The van der Waals surface area contributed by atoms with E-state index in [4.69, 9.17) is 18.9 Å². The molecule has 2 heterocycles. The maximum Gasteiger partial charge on any atom is 0.336 e. The monoisotopic (exact) mass is 455 g/mol. The van der Waals surface area contributed by atoms with E-state index >= 15 is 0 Å². The normalized spacial score (nSPS) is 24.3. The van der Waals surface area contributed by atoms with Crippen molar-refractivity contribution < 1.29 is 28.5 Å². The fraction of sp³-hybridized carbons (Fsp3) is 0.538. The molecule has 0 radical (unpaired) electrons. The van der Waals surface area contributed by atoms with Crippen LogP contribution >= 0.6 is 0 Å². The van der Waals surface area contributed by atoms with Crippen molar-refractivity contribution in [2.75, 3.05) is 27.4 Å². The van der Waals surface area contributed by atoms with E-state index < -0.39 is 11.9 Å². The maximum absolute atomic E-state index is 13.4. The molecule has 0 unspecified atom stereocenters. The summed E-state index contributed by atoms with van der Waals surface area (Å²) in [5, 5.41) is 3.36. The molecule has 0 spiro atoms. The van der Waals surface area contributed by atoms with Crippen LogP contribution in [0, 0.1) is 5.41 Å². The largest absolute Gasteiger partial charge is 0.493 e. The Bertz CT molecular complexity index is 1020. The van der Waals surface area contributed by atoms with Crippen LogP contribution in [0.3, 0.4) is 0 Å². The molecule has 1 saturated heterocycles. The van der Waals surface area contributed by atoms with Gasteiger partial charge >= 0.3 is 5.97 Å². The lowest BCUT2D eigenvalue weighted by Crippen LogP contribution is -2.39. The van der Waals surface area contributed by atoms with E-state index in [0.717, 1.165) is 30.5 Å². The van der Waals surface area contributed by atoms with Crippen molar-refractivity contribution in [2.24, 2.45) is 5.41 Å². The van der Waals surface area contributed by atoms with Gasteiger partial charge in [0.25, 0.3) is 0 Å². The Morgan fingerprint density at radius 2 is 1.94 bits per heavy atom. The second-order valence-corrected chi connectivity index (χ2v) is 9.78. The van der Waals surface area contributed by atoms with Gasteiger partial charge in [-0.25, -0.2) is 4.79 Å². The summed E-state index contributed by atoms with van der Waals surface area (Å²) < 4.78 is 22.2. The summed E-state index contributed by atoms with van der Waals surface area (Å²) in [5.74, 6) is 0.208. The molecular weight excluding hydrogens is 422 g/mol. The Morgan fingerprint density at radius 1 is 1.18 bits per heavy atom. The SMILES string of the molecule is COc1ccc([C@H]2C(C(=O)OC[C@@H]3CCCO3)=C(C)NC3=C2C(=O)CC(C)(C)C3)cc1OC. The molecule has 2 aliphatic heterocycles. The van der Waals surface area contributed by atoms with Gasteiger partial charge in [-0.3, -0.25) is 4.79 Å². The highest BCUT2D eigenvalue weighted by molar-refractivity contribution is 6.04. The molecule has 4 rings (SSSR count). The van der Waals surface area contributed by atoms with Gasteiger partial charge in [-0.1, -0.05) is 19.9 Å². The summed E-state index contributed by atoms with van der Waals surface area (Å²) >= 11 is 0. The average molecular weight is 456 g/mol. The van der Waals surface area contributed by atoms with E-state index in [2.05, 4.69) is 19.2 Å². The number of esters is 1. The molecule has 0 aromatic heterocycles. The standard InChI is InChI=1S/C26H33NO6/c1-15-22(25(29)33-14-17-7-6-10-32-17)23(16-8-9-20(30-4)21(11-16)31-5)24-18(27-15)12-26(2,3)13-19(24)28/h8-9,11,17,23,27H,6-7,10,12-14H2,1-5H3/t17-,23-/m0/s1. The molecule has 1 N–H and O–H groups in total. The number of benzene rings is 1. The van der Waals surface area contributed by atoms with Crippen LogP contribution in [0.15, 0.2) is 40.7 Å². The topological polar surface area (TPSA) is 83.1 Å². The van der Waals surface area contributed by atoms with Crippen LogP contribution < -0.4 is 14.8 Å². The number of dihydropyridines is 1. The molecule has 178 valence electrons. The molecule has 0 bridgehead atoms. The first-order valence-electron chi connectivity index (χ1n) is 11.5. The van der Waals surface area contributed by atoms with Gasteiger partial charge < -0.3 is 24.3 Å². The minimum Gasteiger partial charge on any atom is -0.493 e. The number of hydrogen-bond donors (Lipinski definition) is 1. The van der Waals surface area contributed by atoms with Crippen LogP contribution in [-0.2, 0) is 19.1 Å². The van der Waals surface area contributed by atoms with E-state index in [1.165, 1.54) is 0 Å². The number of carbonyl (C=O) groups excluding carboxylic acids is 2. The van der Waals surface area contributed by atoms with Crippen LogP contribution in [0.5, 0.6) is 11.5 Å². The predicted molar refractivity (Wildman–Crippen MR) is 123 cm³/mol. The van der Waals surface area contributed by atoms with Crippen molar-refractivity contribution >= 4 is 11.8 Å². The van der Waals surface area contributed by atoms with E-state index in [9.17, 15) is 9.59 Å². The van der Waals surface area contributed by atoms with E-state index in [0.29, 0.717) is 41.4 Å². The summed E-state index contributed by atoms with van der Waals surface area (Å²) in [6.45, 7) is 6.95. The van der Waals surface area contributed by atoms with Crippen LogP contribution in [-0.4, -0.2) is 45.3 Å². The quantitative estimate of drug-likeness (QED) is 0.649. The first-order valence-corrected chi connectivity index (χ1v) is 11.5. The Kier molecular flexibility index (Phi) is 6.52. The number of ether oxygens (including phenoxy) is 4. The summed E-state index contributed by atoms with van der Waals surface area (Å²) in [4.78, 5) is 26.8. The molecule has 1 aromatic carbocycles. The summed E-state index contributed by atoms with van der Waals surface area (Å²) in [5.41, 5.74) is 3.31. The molecule has 1 aromatic rings. The van der Waals surface area contributed by atoms with E-state index in [-0.39, 0.29) is 23.9 Å². The maximum atomic E-state index is 13.4. The van der Waals surface area contributed by atoms with Crippen molar-refractivity contribution in [1.82, 2.24) is 5.32 Å². The minimum atomic E-state index is -0.540. The molecule has 0 amide bonds. The molecule has 7 nitrogen and oxygen atoms in total. The molecule has 0 saturated carbocycles. The van der Waals surface area contributed by atoms with Gasteiger partial charge in [0, 0.05) is 35.9 Å². The highest BCUT2D eigenvalue weighted by Gasteiger charge is 2.43. The zero-order valence-corrected chi connectivity index (χ0v) is 20.1. The van der Waals surface area contributed by atoms with E-state index in [1.807, 2.05) is 19.1 Å². The van der Waals surface area contributed by atoms with Gasteiger partial charge in [0.2, 0.25) is 0 Å². The van der Waals surface area contributed by atoms with Crippen molar-refractivity contribution in [3.8, 4) is 11.5 Å². The zero-order valence-electron chi connectivity index (χ0n) is 20.1. The molecule has 3 aliphatic rings.